The van der Waals surface area contributed by atoms with E-state index in [9.17, 15) is 0 Å². The molecule has 1 saturated heterocycles. The number of anilines is 1. The van der Waals surface area contributed by atoms with Crippen molar-refractivity contribution in [1.82, 2.24) is 4.90 Å². The Kier molecular flexibility index (Phi) is 6.86. The van der Waals surface area contributed by atoms with E-state index in [1.54, 1.807) is 0 Å². The zero-order valence-corrected chi connectivity index (χ0v) is 14.6. The Bertz CT molecular complexity index is 494. The minimum Gasteiger partial charge on any atom is -0.379 e. The second kappa shape index (κ2) is 8.89. The van der Waals surface area contributed by atoms with E-state index in [1.165, 1.54) is 5.56 Å². The number of nitrogens with zero attached hydrogens (tertiary/aromatic N) is 2. The van der Waals surface area contributed by atoms with Gasteiger partial charge < -0.3 is 15.8 Å². The fourth-order valence-electron chi connectivity index (χ4n) is 2.68. The molecule has 0 amide bonds. The molecule has 5 nitrogen and oxygen atoms in total. The predicted molar refractivity (Wildman–Crippen MR) is 97.1 cm³/mol. The van der Waals surface area contributed by atoms with Crippen LogP contribution in [0.1, 0.15) is 38.7 Å². The molecule has 1 aromatic carbocycles. The largest absolute Gasteiger partial charge is 0.379 e. The van der Waals surface area contributed by atoms with Crippen molar-refractivity contribution in [2.75, 3.05) is 38.2 Å². The summed E-state index contributed by atoms with van der Waals surface area (Å²) in [6.45, 7) is 10.9. The van der Waals surface area contributed by atoms with Crippen molar-refractivity contribution in [3.05, 3.63) is 29.8 Å². The summed E-state index contributed by atoms with van der Waals surface area (Å²) in [6.07, 6.45) is 1.15. The maximum absolute atomic E-state index is 6.00. The third-order valence-electron chi connectivity index (χ3n) is 4.56. The van der Waals surface area contributed by atoms with Crippen LogP contribution in [0.15, 0.2) is 29.3 Å². The van der Waals surface area contributed by atoms with Crippen LogP contribution in [0.2, 0.25) is 0 Å². The summed E-state index contributed by atoms with van der Waals surface area (Å²) in [5.74, 6) is 1.06. The lowest BCUT2D eigenvalue weighted by atomic mass is 9.99. The van der Waals surface area contributed by atoms with E-state index in [2.05, 4.69) is 60.2 Å². The van der Waals surface area contributed by atoms with E-state index < -0.39 is 0 Å². The second-order valence-corrected chi connectivity index (χ2v) is 6.28. The number of nitrogens with two attached hydrogens (primary N) is 1. The van der Waals surface area contributed by atoms with Crippen LogP contribution in [0.5, 0.6) is 0 Å². The maximum atomic E-state index is 6.00. The Hall–Kier alpha value is -1.59. The molecule has 0 spiro atoms. The molecule has 0 saturated carbocycles. The van der Waals surface area contributed by atoms with Crippen LogP contribution in [-0.2, 0) is 4.74 Å². The Morgan fingerprint density at radius 1 is 1.26 bits per heavy atom. The molecular weight excluding hydrogens is 288 g/mol. The summed E-state index contributed by atoms with van der Waals surface area (Å²) in [5.41, 5.74) is 8.34. The number of guanidine groups is 1. The SMILES string of the molecule is CCC(C)c1ccc(NC(N)=NCC(C)N2CCOCC2)cc1. The van der Waals surface area contributed by atoms with Crippen LogP contribution in [-0.4, -0.2) is 49.7 Å². The van der Waals surface area contributed by atoms with E-state index in [0.29, 0.717) is 24.5 Å². The van der Waals surface area contributed by atoms with Crippen LogP contribution in [0.3, 0.4) is 0 Å². The summed E-state index contributed by atoms with van der Waals surface area (Å²) >= 11 is 0. The summed E-state index contributed by atoms with van der Waals surface area (Å²) in [7, 11) is 0. The lowest BCUT2D eigenvalue weighted by molar-refractivity contribution is 0.0221. The molecule has 3 N–H and O–H groups in total. The second-order valence-electron chi connectivity index (χ2n) is 6.28. The first kappa shape index (κ1) is 17.8. The number of benzene rings is 1. The number of rotatable bonds is 6. The highest BCUT2D eigenvalue weighted by molar-refractivity contribution is 5.92. The van der Waals surface area contributed by atoms with Gasteiger partial charge in [-0.25, -0.2) is 0 Å². The van der Waals surface area contributed by atoms with Gasteiger partial charge in [-0.1, -0.05) is 26.0 Å². The molecule has 0 aromatic heterocycles. The maximum Gasteiger partial charge on any atom is 0.193 e. The van der Waals surface area contributed by atoms with Gasteiger partial charge in [0.05, 0.1) is 19.8 Å². The first-order valence-corrected chi connectivity index (χ1v) is 8.58. The highest BCUT2D eigenvalue weighted by Crippen LogP contribution is 2.20. The minimum atomic E-state index is 0.382. The van der Waals surface area contributed by atoms with Crippen LogP contribution >= 0.6 is 0 Å². The van der Waals surface area contributed by atoms with Crippen LogP contribution < -0.4 is 11.1 Å². The fourth-order valence-corrected chi connectivity index (χ4v) is 2.68. The van der Waals surface area contributed by atoms with Gasteiger partial charge in [0.25, 0.3) is 0 Å². The molecule has 1 aliphatic heterocycles. The van der Waals surface area contributed by atoms with E-state index in [-0.39, 0.29) is 0 Å². The summed E-state index contributed by atoms with van der Waals surface area (Å²) in [4.78, 5) is 6.86. The van der Waals surface area contributed by atoms with E-state index in [0.717, 1.165) is 38.4 Å². The summed E-state index contributed by atoms with van der Waals surface area (Å²) < 4.78 is 5.37. The highest BCUT2D eigenvalue weighted by atomic mass is 16.5. The Balaban J connectivity index is 1.84. The smallest absolute Gasteiger partial charge is 0.193 e. The van der Waals surface area contributed by atoms with Gasteiger partial charge in [0.2, 0.25) is 0 Å². The first-order chi connectivity index (χ1) is 11.1. The monoisotopic (exact) mass is 318 g/mol. The zero-order chi connectivity index (χ0) is 16.7. The van der Waals surface area contributed by atoms with Gasteiger partial charge in [0, 0.05) is 24.8 Å². The molecule has 2 rings (SSSR count). The van der Waals surface area contributed by atoms with Crippen molar-refractivity contribution in [3.8, 4) is 0 Å². The van der Waals surface area contributed by atoms with Gasteiger partial charge in [0.15, 0.2) is 5.96 Å². The van der Waals surface area contributed by atoms with Gasteiger partial charge in [-0.3, -0.25) is 9.89 Å². The normalized spacial score (nSPS) is 19.3. The summed E-state index contributed by atoms with van der Waals surface area (Å²) in [5, 5.41) is 3.17. The van der Waals surface area contributed by atoms with Gasteiger partial charge in [-0.2, -0.15) is 0 Å². The molecule has 0 aliphatic carbocycles. The molecular formula is C18H30N4O. The van der Waals surface area contributed by atoms with Crippen molar-refractivity contribution >= 4 is 11.6 Å². The Morgan fingerprint density at radius 2 is 1.91 bits per heavy atom. The molecule has 23 heavy (non-hydrogen) atoms. The molecule has 1 fully saturated rings. The average Bonchev–Trinajstić information content (AvgIpc) is 2.60. The Labute approximate surface area is 139 Å². The van der Waals surface area contributed by atoms with Gasteiger partial charge >= 0.3 is 0 Å². The van der Waals surface area contributed by atoms with Crippen LogP contribution in [0.4, 0.5) is 5.69 Å². The molecule has 1 aromatic rings. The fraction of sp³-hybridized carbons (Fsp3) is 0.611. The van der Waals surface area contributed by atoms with E-state index >= 15 is 0 Å². The molecule has 1 aliphatic rings. The summed E-state index contributed by atoms with van der Waals surface area (Å²) in [6, 6.07) is 8.82. The minimum absolute atomic E-state index is 0.382. The molecule has 2 unspecified atom stereocenters. The van der Waals surface area contributed by atoms with Gasteiger partial charge in [-0.05, 0) is 37.0 Å². The van der Waals surface area contributed by atoms with Crippen molar-refractivity contribution in [2.24, 2.45) is 10.7 Å². The van der Waals surface area contributed by atoms with Crippen LogP contribution in [0, 0.1) is 0 Å². The highest BCUT2D eigenvalue weighted by Gasteiger charge is 2.16. The van der Waals surface area contributed by atoms with E-state index in [1.807, 2.05) is 0 Å². The third kappa shape index (κ3) is 5.52. The first-order valence-electron chi connectivity index (χ1n) is 8.58. The number of morpholine rings is 1. The van der Waals surface area contributed by atoms with Crippen molar-refractivity contribution in [1.29, 1.82) is 0 Å². The van der Waals surface area contributed by atoms with Gasteiger partial charge in [0.1, 0.15) is 0 Å². The quantitative estimate of drug-likeness (QED) is 0.625. The number of nitrogens with one attached hydrogen (secondary N) is 1. The zero-order valence-electron chi connectivity index (χ0n) is 14.6. The number of aliphatic imine (C=N–C) groups is 1. The molecule has 5 heteroatoms. The van der Waals surface area contributed by atoms with Crippen molar-refractivity contribution < 1.29 is 4.74 Å². The molecule has 2 atom stereocenters. The average molecular weight is 318 g/mol. The van der Waals surface area contributed by atoms with Gasteiger partial charge in [-0.15, -0.1) is 0 Å². The van der Waals surface area contributed by atoms with Crippen molar-refractivity contribution in [3.63, 3.8) is 0 Å². The van der Waals surface area contributed by atoms with E-state index in [4.69, 9.17) is 10.5 Å². The van der Waals surface area contributed by atoms with Crippen molar-refractivity contribution in [2.45, 2.75) is 39.2 Å². The standard InChI is InChI=1S/C18H30N4O/c1-4-14(2)16-5-7-17(8-6-16)21-18(19)20-13-15(3)22-9-11-23-12-10-22/h5-8,14-15H,4,9-13H2,1-3H3,(H3,19,20,21). The number of hydrogen-bond acceptors (Lipinski definition) is 3. The molecule has 128 valence electrons. The topological polar surface area (TPSA) is 62.9 Å². The lowest BCUT2D eigenvalue weighted by Crippen LogP contribution is -2.43. The molecule has 0 bridgehead atoms. The third-order valence-corrected chi connectivity index (χ3v) is 4.56. The molecule has 0 radical (unpaired) electrons. The lowest BCUT2D eigenvalue weighted by Gasteiger charge is -2.31. The Morgan fingerprint density at radius 3 is 2.52 bits per heavy atom. The number of hydrogen-bond donors (Lipinski definition) is 2. The predicted octanol–water partition coefficient (Wildman–Crippen LogP) is 2.65. The molecule has 1 heterocycles. The number of ether oxygens (including phenoxy) is 1. The van der Waals surface area contributed by atoms with Crippen LogP contribution in [0.25, 0.3) is 0 Å².